The topological polar surface area (TPSA) is 68.5 Å². The lowest BCUT2D eigenvalue weighted by atomic mass is 10.2. The summed E-state index contributed by atoms with van der Waals surface area (Å²) >= 11 is 0. The normalized spacial score (nSPS) is 10.3. The molecule has 5 heteroatoms. The van der Waals surface area contributed by atoms with Crippen LogP contribution in [-0.4, -0.2) is 28.2 Å². The van der Waals surface area contributed by atoms with Crippen LogP contribution in [0.3, 0.4) is 0 Å². The molecule has 0 aliphatic rings. The summed E-state index contributed by atoms with van der Waals surface area (Å²) < 4.78 is 6.67. The third-order valence-corrected chi connectivity index (χ3v) is 3.03. The lowest BCUT2D eigenvalue weighted by Gasteiger charge is -2.08. The molecule has 0 aliphatic heterocycles. The molecule has 0 amide bonds. The van der Waals surface area contributed by atoms with Crippen LogP contribution in [0.15, 0.2) is 36.5 Å². The van der Waals surface area contributed by atoms with Crippen molar-refractivity contribution in [1.29, 1.82) is 0 Å². The average Bonchev–Trinajstić information content (AvgIpc) is 2.81. The van der Waals surface area contributed by atoms with Crippen molar-refractivity contribution in [3.05, 3.63) is 53.3 Å². The van der Waals surface area contributed by atoms with Crippen molar-refractivity contribution in [2.24, 2.45) is 0 Å². The van der Waals surface area contributed by atoms with Crippen LogP contribution in [0.4, 0.5) is 0 Å². The van der Waals surface area contributed by atoms with Gasteiger partial charge in [-0.1, -0.05) is 0 Å². The Bertz CT molecular complexity index is 640. The van der Waals surface area contributed by atoms with Gasteiger partial charge in [0.15, 0.2) is 0 Å². The monoisotopic (exact) mass is 273 g/mol. The van der Waals surface area contributed by atoms with Gasteiger partial charge in [0.2, 0.25) is 0 Å². The molecule has 0 aliphatic carbocycles. The SMILES string of the molecule is CCOC(=O)c1ccc(-n2ccc(C(=O)O)c2C)cc1. The Morgan fingerprint density at radius 1 is 1.20 bits per heavy atom. The van der Waals surface area contributed by atoms with Gasteiger partial charge in [0.1, 0.15) is 0 Å². The molecule has 5 nitrogen and oxygen atoms in total. The number of hydrogen-bond acceptors (Lipinski definition) is 3. The molecular weight excluding hydrogens is 258 g/mol. The number of nitrogens with zero attached hydrogens (tertiary/aromatic N) is 1. The number of carboxylic acids is 1. The first-order chi connectivity index (χ1) is 9.54. The van der Waals surface area contributed by atoms with Crippen LogP contribution in [-0.2, 0) is 4.74 Å². The average molecular weight is 273 g/mol. The van der Waals surface area contributed by atoms with Gasteiger partial charge in [-0.15, -0.1) is 0 Å². The molecule has 1 heterocycles. The second-order valence-electron chi connectivity index (χ2n) is 4.26. The Morgan fingerprint density at radius 3 is 2.35 bits per heavy atom. The second-order valence-corrected chi connectivity index (χ2v) is 4.26. The Kier molecular flexibility index (Phi) is 3.89. The number of hydrogen-bond donors (Lipinski definition) is 1. The van der Waals surface area contributed by atoms with Crippen molar-refractivity contribution < 1.29 is 19.4 Å². The molecule has 104 valence electrons. The number of aromatic nitrogens is 1. The summed E-state index contributed by atoms with van der Waals surface area (Å²) in [5.41, 5.74) is 2.17. The summed E-state index contributed by atoms with van der Waals surface area (Å²) in [6.07, 6.45) is 1.69. The van der Waals surface area contributed by atoms with E-state index >= 15 is 0 Å². The van der Waals surface area contributed by atoms with Gasteiger partial charge < -0.3 is 14.4 Å². The summed E-state index contributed by atoms with van der Waals surface area (Å²) in [6.45, 7) is 3.82. The molecular formula is C15H15NO4. The number of rotatable bonds is 4. The van der Waals surface area contributed by atoms with E-state index in [-0.39, 0.29) is 11.5 Å². The third kappa shape index (κ3) is 2.56. The Hall–Kier alpha value is -2.56. The van der Waals surface area contributed by atoms with Gasteiger partial charge in [-0.2, -0.15) is 0 Å². The van der Waals surface area contributed by atoms with E-state index in [9.17, 15) is 9.59 Å². The lowest BCUT2D eigenvalue weighted by Crippen LogP contribution is -2.05. The summed E-state index contributed by atoms with van der Waals surface area (Å²) in [6, 6.07) is 8.38. The fourth-order valence-electron chi connectivity index (χ4n) is 1.99. The van der Waals surface area contributed by atoms with E-state index in [1.54, 1.807) is 54.9 Å². The zero-order valence-electron chi connectivity index (χ0n) is 11.3. The van der Waals surface area contributed by atoms with E-state index in [2.05, 4.69) is 0 Å². The van der Waals surface area contributed by atoms with E-state index in [0.717, 1.165) is 5.69 Å². The van der Waals surface area contributed by atoms with E-state index in [4.69, 9.17) is 9.84 Å². The predicted molar refractivity (Wildman–Crippen MR) is 73.4 cm³/mol. The van der Waals surface area contributed by atoms with Crippen molar-refractivity contribution in [3.8, 4) is 5.69 Å². The molecule has 2 rings (SSSR count). The largest absolute Gasteiger partial charge is 0.478 e. The molecule has 0 bridgehead atoms. The number of carbonyl (C=O) groups excluding carboxylic acids is 1. The molecule has 0 spiro atoms. The van der Waals surface area contributed by atoms with Crippen LogP contribution >= 0.6 is 0 Å². The molecule has 20 heavy (non-hydrogen) atoms. The number of ether oxygens (including phenoxy) is 1. The van der Waals surface area contributed by atoms with Gasteiger partial charge >= 0.3 is 11.9 Å². The minimum atomic E-state index is -0.954. The van der Waals surface area contributed by atoms with Crippen LogP contribution in [0.1, 0.15) is 33.3 Å². The third-order valence-electron chi connectivity index (χ3n) is 3.03. The van der Waals surface area contributed by atoms with Crippen LogP contribution in [0, 0.1) is 6.92 Å². The van der Waals surface area contributed by atoms with Crippen molar-refractivity contribution in [2.75, 3.05) is 6.61 Å². The molecule has 2 aromatic rings. The Labute approximate surface area is 116 Å². The van der Waals surface area contributed by atoms with Gasteiger partial charge in [0.05, 0.1) is 17.7 Å². The smallest absolute Gasteiger partial charge is 0.338 e. The summed E-state index contributed by atoms with van der Waals surface area (Å²) in [7, 11) is 0. The fourth-order valence-corrected chi connectivity index (χ4v) is 1.99. The van der Waals surface area contributed by atoms with E-state index in [1.165, 1.54) is 0 Å². The molecule has 0 atom stereocenters. The molecule has 1 N–H and O–H groups in total. The van der Waals surface area contributed by atoms with Gasteiger partial charge in [0.25, 0.3) is 0 Å². The first-order valence-electron chi connectivity index (χ1n) is 6.23. The first kappa shape index (κ1) is 13.9. The van der Waals surface area contributed by atoms with Crippen molar-refractivity contribution >= 4 is 11.9 Å². The summed E-state index contributed by atoms with van der Waals surface area (Å²) in [5, 5.41) is 9.03. The van der Waals surface area contributed by atoms with E-state index < -0.39 is 5.97 Å². The first-order valence-corrected chi connectivity index (χ1v) is 6.23. The van der Waals surface area contributed by atoms with Crippen molar-refractivity contribution in [2.45, 2.75) is 13.8 Å². The maximum absolute atomic E-state index is 11.5. The number of aromatic carboxylic acids is 1. The van der Waals surface area contributed by atoms with Gasteiger partial charge in [0, 0.05) is 17.6 Å². The highest BCUT2D eigenvalue weighted by molar-refractivity contribution is 5.90. The Balaban J connectivity index is 2.31. The molecule has 0 unspecified atom stereocenters. The maximum atomic E-state index is 11.5. The highest BCUT2D eigenvalue weighted by Crippen LogP contribution is 2.17. The lowest BCUT2D eigenvalue weighted by molar-refractivity contribution is 0.0526. The van der Waals surface area contributed by atoms with Gasteiger partial charge in [-0.05, 0) is 44.2 Å². The van der Waals surface area contributed by atoms with Crippen LogP contribution in [0.5, 0.6) is 0 Å². The number of carboxylic acid groups (broad SMARTS) is 1. The standard InChI is InChI=1S/C15H15NO4/c1-3-20-15(19)11-4-6-12(7-5-11)16-9-8-13(10(16)2)14(17)18/h4-9H,3H2,1-2H3,(H,17,18). The summed E-state index contributed by atoms with van der Waals surface area (Å²) in [4.78, 5) is 22.6. The zero-order chi connectivity index (χ0) is 14.7. The summed E-state index contributed by atoms with van der Waals surface area (Å²) in [5.74, 6) is -1.32. The minimum Gasteiger partial charge on any atom is -0.478 e. The molecule has 1 aromatic heterocycles. The number of carbonyl (C=O) groups is 2. The highest BCUT2D eigenvalue weighted by Gasteiger charge is 2.12. The minimum absolute atomic E-state index is 0.263. The Morgan fingerprint density at radius 2 is 1.85 bits per heavy atom. The quantitative estimate of drug-likeness (QED) is 0.869. The van der Waals surface area contributed by atoms with Gasteiger partial charge in [-0.25, -0.2) is 9.59 Å². The molecule has 0 saturated heterocycles. The predicted octanol–water partition coefficient (Wildman–Crippen LogP) is 2.66. The zero-order valence-corrected chi connectivity index (χ0v) is 11.3. The highest BCUT2D eigenvalue weighted by atomic mass is 16.5. The number of esters is 1. The molecule has 0 fully saturated rings. The molecule has 0 saturated carbocycles. The van der Waals surface area contributed by atoms with Crippen LogP contribution in [0.25, 0.3) is 5.69 Å². The van der Waals surface area contributed by atoms with Crippen molar-refractivity contribution in [3.63, 3.8) is 0 Å². The van der Waals surface area contributed by atoms with E-state index in [1.807, 2.05) is 0 Å². The van der Waals surface area contributed by atoms with Crippen molar-refractivity contribution in [1.82, 2.24) is 4.57 Å². The second kappa shape index (κ2) is 5.61. The number of benzene rings is 1. The fraction of sp³-hybridized carbons (Fsp3) is 0.200. The van der Waals surface area contributed by atoms with Crippen LogP contribution < -0.4 is 0 Å². The molecule has 0 radical (unpaired) electrons. The maximum Gasteiger partial charge on any atom is 0.338 e. The van der Waals surface area contributed by atoms with Gasteiger partial charge in [-0.3, -0.25) is 0 Å². The molecule has 1 aromatic carbocycles. The van der Waals surface area contributed by atoms with E-state index in [0.29, 0.717) is 17.9 Å². The van der Waals surface area contributed by atoms with Crippen LogP contribution in [0.2, 0.25) is 0 Å².